The van der Waals surface area contributed by atoms with Crippen LogP contribution >= 0.6 is 31.3 Å². The zero-order valence-corrected chi connectivity index (χ0v) is 31.0. The van der Waals surface area contributed by atoms with E-state index in [4.69, 9.17) is 25.3 Å². The average Bonchev–Trinajstić information content (AvgIpc) is 2.87. The normalized spacial score (nSPS) is 40.5. The van der Waals surface area contributed by atoms with Crippen LogP contribution in [0, 0.1) is 11.8 Å². The minimum absolute atomic E-state index is 0. The van der Waals surface area contributed by atoms with Gasteiger partial charge in [-0.1, -0.05) is 19.1 Å². The predicted octanol–water partition coefficient (Wildman–Crippen LogP) is -0.417. The molecule has 0 aromatic heterocycles. The third-order valence-electron chi connectivity index (χ3n) is 7.82. The summed E-state index contributed by atoms with van der Waals surface area (Å²) in [6.45, 7) is 1.68. The van der Waals surface area contributed by atoms with Crippen LogP contribution in [0.2, 0.25) is 0 Å². The van der Waals surface area contributed by atoms with Gasteiger partial charge in [0.15, 0.2) is 11.4 Å². The second-order valence-electron chi connectivity index (χ2n) is 11.0. The first-order valence-corrected chi connectivity index (χ1v) is 19.0. The topological polar surface area (TPSA) is 368 Å². The molecule has 1 saturated heterocycles. The fourth-order valence-electron chi connectivity index (χ4n) is 6.16. The number of amides is 1. The van der Waals surface area contributed by atoms with E-state index in [9.17, 15) is 58.2 Å². The molecule has 6 atom stereocenters. The van der Waals surface area contributed by atoms with E-state index in [-0.39, 0.29) is 40.9 Å². The number of likely N-dealkylation sites (N-methyl/N-ethyl adjacent to an activating group) is 1. The van der Waals surface area contributed by atoms with Crippen LogP contribution in [0.25, 0.3) is 5.76 Å². The van der Waals surface area contributed by atoms with Crippen molar-refractivity contribution < 1.29 is 95.0 Å². The standard InChI is InChI=1S/C22H24N2O8.Na.H4O12P4/c1-7-8-5-4-6-9(25)11(8)16(26)12-10(7)17(27)14-15(24(2)3)18(28)13(21(23)31)20(30)22(14,32)19(12)29;;1-13(2)9-14(3,4)11-16(7,8)12-15(5,6)10-13/h4-7,10,14-15,17,25-27,30,32H,1-3H3,(H2,23,31);;(H,1,2)(H,3,4)(H,5,6)(H,7,8)/t7-,10+,14+,15-,17-,22-;;/m0../s1. The zero-order chi connectivity index (χ0) is 36.7. The number of Topliss-reactive ketones (excluding diaryl/α,β-unsaturated/α-hetero) is 2. The molecule has 0 unspecified atom stereocenters. The Morgan fingerprint density at radius 2 is 1.35 bits per heavy atom. The first-order chi connectivity index (χ1) is 21.7. The SMILES string of the molecule is C[C@H]1c2cccc(O)c2C(O)=C2C(=O)[C@]3(O)C(O)=C(C(N)=O)C(=O)[C@@H](N(C)C)[C@@H]3[C@@H](O)[C@@H]21.O=P1(O)OP(=O)(O)OP(=O)(O)OP(=O)(O)O1.[Na]. The quantitative estimate of drug-likeness (QED) is 0.103. The number of aromatic hydroxyl groups is 1. The number of aliphatic hydroxyl groups is 4. The van der Waals surface area contributed by atoms with Crippen molar-refractivity contribution in [3.63, 3.8) is 0 Å². The molecule has 27 heteroatoms. The predicted molar refractivity (Wildman–Crippen MR) is 160 cm³/mol. The molecule has 1 aromatic rings. The fourth-order valence-corrected chi connectivity index (χ4v) is 11.9. The molecular weight excluding hydrogens is 759 g/mol. The van der Waals surface area contributed by atoms with Crippen molar-refractivity contribution in [3.8, 4) is 5.75 Å². The van der Waals surface area contributed by atoms with Gasteiger partial charge in [0, 0.05) is 41.0 Å². The number of rotatable bonds is 2. The van der Waals surface area contributed by atoms with Crippen LogP contribution in [0.5, 0.6) is 5.75 Å². The smallest absolute Gasteiger partial charge is 0.490 e. The Hall–Kier alpha value is -1.61. The maximum atomic E-state index is 13.7. The van der Waals surface area contributed by atoms with Gasteiger partial charge in [-0.25, -0.2) is 18.3 Å². The van der Waals surface area contributed by atoms with Gasteiger partial charge in [0.05, 0.1) is 23.6 Å². The molecule has 1 heterocycles. The summed E-state index contributed by atoms with van der Waals surface area (Å²) in [6, 6.07) is 3.13. The average molecular weight is 787 g/mol. The third-order valence-corrected chi connectivity index (χ3v) is 14.4. The summed E-state index contributed by atoms with van der Waals surface area (Å²) in [5.74, 6) is -8.87. The second kappa shape index (κ2) is 13.7. The molecular formula is C22H28N2NaO20P4. The minimum Gasteiger partial charge on any atom is -0.508 e. The van der Waals surface area contributed by atoms with E-state index < -0.39 is 107 Å². The number of primary amides is 1. The largest absolute Gasteiger partial charge is 0.508 e. The van der Waals surface area contributed by atoms with Crippen LogP contribution in [0.15, 0.2) is 35.1 Å². The molecule has 1 saturated carbocycles. The Bertz CT molecular complexity index is 1770. The number of aliphatic hydroxyl groups excluding tert-OH is 3. The van der Waals surface area contributed by atoms with Crippen molar-refractivity contribution >= 4 is 84.1 Å². The summed E-state index contributed by atoms with van der Waals surface area (Å²) >= 11 is 0. The van der Waals surface area contributed by atoms with Gasteiger partial charge < -0.3 is 50.8 Å². The number of phosphoric acid groups is 4. The van der Waals surface area contributed by atoms with Crippen LogP contribution in [-0.2, 0) is 49.9 Å². The number of phenolic OH excluding ortho intramolecular Hbond substituents is 1. The van der Waals surface area contributed by atoms with Gasteiger partial charge in [-0.2, -0.15) is 17.2 Å². The molecule has 2 fully saturated rings. The first-order valence-electron chi connectivity index (χ1n) is 13.0. The molecule has 11 N–H and O–H groups in total. The molecule has 4 aliphatic rings. The monoisotopic (exact) mass is 787 g/mol. The van der Waals surface area contributed by atoms with Gasteiger partial charge in [-0.15, -0.1) is 0 Å². The molecule has 1 amide bonds. The molecule has 1 radical (unpaired) electrons. The summed E-state index contributed by atoms with van der Waals surface area (Å²) in [7, 11) is -18.9. The number of nitrogens with zero attached hydrogens (tertiary/aromatic N) is 1. The van der Waals surface area contributed by atoms with Crippen molar-refractivity contribution in [3.05, 3.63) is 46.2 Å². The van der Waals surface area contributed by atoms with Gasteiger partial charge in [-0.05, 0) is 31.6 Å². The number of carbonyl (C=O) groups is 3. The van der Waals surface area contributed by atoms with E-state index in [0.717, 1.165) is 0 Å². The number of fused-ring (bicyclic) bond motifs is 3. The summed E-state index contributed by atoms with van der Waals surface area (Å²) in [4.78, 5) is 74.5. The summed E-state index contributed by atoms with van der Waals surface area (Å²) < 4.78 is 56.5. The summed E-state index contributed by atoms with van der Waals surface area (Å²) in [5, 5.41) is 54.9. The Kier molecular flexibility index (Phi) is 11.7. The van der Waals surface area contributed by atoms with Gasteiger partial charge >= 0.3 is 31.3 Å². The second-order valence-corrected chi connectivity index (χ2v) is 17.4. The summed E-state index contributed by atoms with van der Waals surface area (Å²) in [5.41, 5.74) is 1.47. The number of carbonyl (C=O) groups excluding carboxylic acids is 3. The minimum atomic E-state index is -5.47. The van der Waals surface area contributed by atoms with Crippen LogP contribution < -0.4 is 5.73 Å². The van der Waals surface area contributed by atoms with E-state index >= 15 is 0 Å². The Labute approximate surface area is 297 Å². The number of nitrogens with two attached hydrogens (primary N) is 1. The van der Waals surface area contributed by atoms with Crippen molar-refractivity contribution in [2.45, 2.75) is 30.6 Å². The van der Waals surface area contributed by atoms with Gasteiger partial charge in [0.1, 0.15) is 22.8 Å². The molecule has 0 spiro atoms. The van der Waals surface area contributed by atoms with E-state index in [2.05, 4.69) is 17.2 Å². The number of hydrogen-bond donors (Lipinski definition) is 10. The Balaban J connectivity index is 0.000000324. The van der Waals surface area contributed by atoms with Crippen LogP contribution in [-0.4, -0.2) is 129 Å². The number of phenols is 1. The van der Waals surface area contributed by atoms with E-state index in [1.807, 2.05) is 0 Å². The van der Waals surface area contributed by atoms with Crippen LogP contribution in [0.4, 0.5) is 0 Å². The van der Waals surface area contributed by atoms with Gasteiger partial charge in [-0.3, -0.25) is 19.3 Å². The van der Waals surface area contributed by atoms with Crippen molar-refractivity contribution in [1.29, 1.82) is 0 Å². The molecule has 22 nitrogen and oxygen atoms in total. The molecule has 49 heavy (non-hydrogen) atoms. The Morgan fingerprint density at radius 3 is 1.76 bits per heavy atom. The first kappa shape index (κ1) is 41.8. The van der Waals surface area contributed by atoms with Crippen LogP contribution in [0.3, 0.4) is 0 Å². The maximum Gasteiger partial charge on any atom is 0.490 e. The number of benzene rings is 1. The molecule has 1 aromatic carbocycles. The summed E-state index contributed by atoms with van der Waals surface area (Å²) in [6.07, 6.45) is -1.59. The third kappa shape index (κ3) is 7.50. The molecule has 3 aliphatic carbocycles. The molecule has 267 valence electrons. The number of ketones is 2. The molecule has 0 bridgehead atoms. The van der Waals surface area contributed by atoms with Crippen molar-refractivity contribution in [2.75, 3.05) is 14.1 Å². The van der Waals surface area contributed by atoms with Gasteiger partial charge in [0.25, 0.3) is 5.91 Å². The van der Waals surface area contributed by atoms with Gasteiger partial charge in [0.2, 0.25) is 5.78 Å². The Morgan fingerprint density at radius 1 is 0.898 bits per heavy atom. The van der Waals surface area contributed by atoms with E-state index in [0.29, 0.717) is 5.56 Å². The fraction of sp³-hybridized carbons (Fsp3) is 0.409. The number of hydrogen-bond acceptors (Lipinski definition) is 17. The van der Waals surface area contributed by atoms with Crippen molar-refractivity contribution in [2.24, 2.45) is 17.6 Å². The van der Waals surface area contributed by atoms with Crippen LogP contribution in [0.1, 0.15) is 24.0 Å². The molecule has 1 aliphatic heterocycles. The van der Waals surface area contributed by atoms with E-state index in [1.54, 1.807) is 19.1 Å². The maximum absolute atomic E-state index is 13.7. The molecule has 5 rings (SSSR count). The zero-order valence-electron chi connectivity index (χ0n) is 25.4. The van der Waals surface area contributed by atoms with E-state index in [1.165, 1.54) is 25.1 Å². The van der Waals surface area contributed by atoms with Crippen molar-refractivity contribution in [1.82, 2.24) is 4.90 Å².